The van der Waals surface area contributed by atoms with Crippen molar-refractivity contribution >= 4 is 17.4 Å². The van der Waals surface area contributed by atoms with Gasteiger partial charge >= 0.3 is 6.03 Å². The third kappa shape index (κ3) is 3.34. The number of aromatic nitrogens is 1. The van der Waals surface area contributed by atoms with Gasteiger partial charge in [0.15, 0.2) is 5.76 Å². The number of aryl methyl sites for hydroxylation is 2. The van der Waals surface area contributed by atoms with Gasteiger partial charge in [-0.25, -0.2) is 9.18 Å². The van der Waals surface area contributed by atoms with Crippen LogP contribution in [0.25, 0.3) is 0 Å². The van der Waals surface area contributed by atoms with Crippen LogP contribution in [-0.4, -0.2) is 30.3 Å². The minimum atomic E-state index is -0.295. The van der Waals surface area contributed by atoms with Crippen LogP contribution < -0.4 is 15.5 Å². The molecular weight excluding hydrogens is 311 g/mol. The molecule has 1 aliphatic rings. The smallest absolute Gasteiger partial charge is 0.319 e. The lowest BCUT2D eigenvalue weighted by molar-refractivity contribution is 0.249. The number of carbonyl (C=O) groups is 1. The van der Waals surface area contributed by atoms with Crippen molar-refractivity contribution in [2.75, 3.05) is 23.3 Å². The largest absolute Gasteiger partial charge is 0.367 e. The lowest BCUT2D eigenvalue weighted by atomic mass is 10.2. The van der Waals surface area contributed by atoms with Crippen molar-refractivity contribution in [3.05, 3.63) is 41.5 Å². The Balaban J connectivity index is 1.58. The van der Waals surface area contributed by atoms with Gasteiger partial charge in [0.1, 0.15) is 17.2 Å². The third-order valence-electron chi connectivity index (χ3n) is 4.21. The summed E-state index contributed by atoms with van der Waals surface area (Å²) in [5.74, 6) is 0.414. The van der Waals surface area contributed by atoms with Crippen LogP contribution in [-0.2, 0) is 6.42 Å². The molecule has 6 nitrogen and oxygen atoms in total. The summed E-state index contributed by atoms with van der Waals surface area (Å²) in [4.78, 5) is 14.2. The number of amides is 2. The topological polar surface area (TPSA) is 70.4 Å². The van der Waals surface area contributed by atoms with Gasteiger partial charge in [0.2, 0.25) is 0 Å². The van der Waals surface area contributed by atoms with Gasteiger partial charge in [-0.1, -0.05) is 24.2 Å². The van der Waals surface area contributed by atoms with Crippen LogP contribution in [0.3, 0.4) is 0 Å². The standard InChI is InChI=1S/C17H21FN4O2/c1-3-15-16(11(2)21-24-15)20-17(23)19-12-8-9-22(10-12)14-7-5-4-6-13(14)18/h4-7,12H,3,8-10H2,1-2H3,(H2,19,20,23)/t12-/m0/s1. The molecule has 1 atom stereocenters. The molecule has 1 saturated heterocycles. The monoisotopic (exact) mass is 332 g/mol. The molecule has 0 radical (unpaired) electrons. The van der Waals surface area contributed by atoms with E-state index >= 15 is 0 Å². The van der Waals surface area contributed by atoms with Crippen molar-refractivity contribution in [1.29, 1.82) is 0 Å². The van der Waals surface area contributed by atoms with Crippen LogP contribution in [0.5, 0.6) is 0 Å². The van der Waals surface area contributed by atoms with Crippen molar-refractivity contribution in [1.82, 2.24) is 10.5 Å². The Morgan fingerprint density at radius 2 is 2.25 bits per heavy atom. The van der Waals surface area contributed by atoms with E-state index in [0.29, 0.717) is 42.3 Å². The minimum Gasteiger partial charge on any atom is -0.367 e. The number of benzene rings is 1. The highest BCUT2D eigenvalue weighted by atomic mass is 19.1. The van der Waals surface area contributed by atoms with E-state index in [2.05, 4.69) is 15.8 Å². The maximum Gasteiger partial charge on any atom is 0.319 e. The van der Waals surface area contributed by atoms with Crippen molar-refractivity contribution in [2.45, 2.75) is 32.7 Å². The van der Waals surface area contributed by atoms with Crippen molar-refractivity contribution in [2.24, 2.45) is 0 Å². The Morgan fingerprint density at radius 3 is 3.00 bits per heavy atom. The molecule has 1 aromatic heterocycles. The first-order valence-electron chi connectivity index (χ1n) is 8.10. The zero-order valence-electron chi connectivity index (χ0n) is 13.8. The molecule has 1 aromatic carbocycles. The summed E-state index contributed by atoms with van der Waals surface area (Å²) in [7, 11) is 0. The zero-order chi connectivity index (χ0) is 17.1. The fraction of sp³-hybridized carbons (Fsp3) is 0.412. The van der Waals surface area contributed by atoms with E-state index in [0.717, 1.165) is 6.42 Å². The Labute approximate surface area is 140 Å². The van der Waals surface area contributed by atoms with Crippen LogP contribution in [0, 0.1) is 12.7 Å². The second kappa shape index (κ2) is 6.90. The van der Waals surface area contributed by atoms with E-state index in [1.54, 1.807) is 19.1 Å². The SMILES string of the molecule is CCc1onc(C)c1NC(=O)N[C@H]1CCN(c2ccccc2F)C1. The van der Waals surface area contributed by atoms with Crippen LogP contribution >= 0.6 is 0 Å². The van der Waals surface area contributed by atoms with Gasteiger partial charge in [0.25, 0.3) is 0 Å². The number of urea groups is 1. The number of halogens is 1. The van der Waals surface area contributed by atoms with E-state index in [9.17, 15) is 9.18 Å². The molecule has 1 aliphatic heterocycles. The normalized spacial score (nSPS) is 17.1. The van der Waals surface area contributed by atoms with E-state index in [1.807, 2.05) is 17.9 Å². The number of carbonyl (C=O) groups excluding carboxylic acids is 1. The Kier molecular flexibility index (Phi) is 4.69. The van der Waals surface area contributed by atoms with Crippen LogP contribution in [0.4, 0.5) is 20.6 Å². The Bertz CT molecular complexity index is 731. The molecule has 128 valence electrons. The van der Waals surface area contributed by atoms with Crippen LogP contribution in [0.2, 0.25) is 0 Å². The second-order valence-electron chi connectivity index (χ2n) is 5.90. The third-order valence-corrected chi connectivity index (χ3v) is 4.21. The van der Waals surface area contributed by atoms with E-state index in [1.165, 1.54) is 6.07 Å². The van der Waals surface area contributed by atoms with Crippen molar-refractivity contribution in [3.8, 4) is 0 Å². The van der Waals surface area contributed by atoms with E-state index in [-0.39, 0.29) is 17.9 Å². The predicted molar refractivity (Wildman–Crippen MR) is 89.8 cm³/mol. The molecule has 0 bridgehead atoms. The summed E-state index contributed by atoms with van der Waals surface area (Å²) in [6, 6.07) is 6.36. The molecule has 2 amide bonds. The molecule has 2 aromatic rings. The van der Waals surface area contributed by atoms with Crippen LogP contribution in [0.1, 0.15) is 24.8 Å². The summed E-state index contributed by atoms with van der Waals surface area (Å²) in [5, 5.41) is 9.60. The van der Waals surface area contributed by atoms with Gasteiger partial charge in [-0.15, -0.1) is 0 Å². The molecule has 1 fully saturated rings. The lowest BCUT2D eigenvalue weighted by Gasteiger charge is -2.19. The van der Waals surface area contributed by atoms with Gasteiger partial charge in [0, 0.05) is 25.6 Å². The van der Waals surface area contributed by atoms with Crippen molar-refractivity contribution < 1.29 is 13.7 Å². The first-order chi connectivity index (χ1) is 11.6. The Morgan fingerprint density at radius 1 is 1.46 bits per heavy atom. The maximum absolute atomic E-state index is 13.9. The average Bonchev–Trinajstić information content (AvgIpc) is 3.15. The van der Waals surface area contributed by atoms with E-state index < -0.39 is 0 Å². The maximum atomic E-state index is 13.9. The molecule has 3 rings (SSSR count). The molecule has 0 unspecified atom stereocenters. The molecule has 0 saturated carbocycles. The highest BCUT2D eigenvalue weighted by Gasteiger charge is 2.26. The molecular formula is C17H21FN4O2. The van der Waals surface area contributed by atoms with Crippen molar-refractivity contribution in [3.63, 3.8) is 0 Å². The summed E-state index contributed by atoms with van der Waals surface area (Å²) in [6.07, 6.45) is 1.42. The minimum absolute atomic E-state index is 0.0325. The highest BCUT2D eigenvalue weighted by molar-refractivity contribution is 5.90. The first-order valence-corrected chi connectivity index (χ1v) is 8.10. The predicted octanol–water partition coefficient (Wildman–Crippen LogP) is 3.08. The number of nitrogens with zero attached hydrogens (tertiary/aromatic N) is 2. The molecule has 0 aliphatic carbocycles. The summed E-state index contributed by atoms with van der Waals surface area (Å²) < 4.78 is 19.0. The van der Waals surface area contributed by atoms with Gasteiger partial charge in [-0.2, -0.15) is 0 Å². The molecule has 0 spiro atoms. The van der Waals surface area contributed by atoms with Crippen LogP contribution in [0.15, 0.2) is 28.8 Å². The zero-order valence-corrected chi connectivity index (χ0v) is 13.8. The number of rotatable bonds is 4. The summed E-state index contributed by atoms with van der Waals surface area (Å²) >= 11 is 0. The Hall–Kier alpha value is -2.57. The molecule has 7 heteroatoms. The fourth-order valence-corrected chi connectivity index (χ4v) is 2.96. The molecule has 2 heterocycles. The lowest BCUT2D eigenvalue weighted by Crippen LogP contribution is -2.40. The van der Waals surface area contributed by atoms with Gasteiger partial charge < -0.3 is 20.1 Å². The summed E-state index contributed by atoms with van der Waals surface area (Å²) in [5.41, 5.74) is 1.85. The van der Waals surface area contributed by atoms with Gasteiger partial charge in [-0.05, 0) is 25.5 Å². The average molecular weight is 332 g/mol. The number of anilines is 2. The second-order valence-corrected chi connectivity index (χ2v) is 5.90. The number of hydrogen-bond acceptors (Lipinski definition) is 4. The quantitative estimate of drug-likeness (QED) is 0.903. The van der Waals surface area contributed by atoms with Gasteiger partial charge in [0.05, 0.1) is 5.69 Å². The molecule has 2 N–H and O–H groups in total. The van der Waals surface area contributed by atoms with E-state index in [4.69, 9.17) is 4.52 Å². The first kappa shape index (κ1) is 16.3. The summed E-state index contributed by atoms with van der Waals surface area (Å²) in [6.45, 7) is 5.01. The van der Waals surface area contributed by atoms with Gasteiger partial charge in [-0.3, -0.25) is 0 Å². The fourth-order valence-electron chi connectivity index (χ4n) is 2.96. The molecule has 24 heavy (non-hydrogen) atoms. The number of para-hydroxylation sites is 1. The number of hydrogen-bond donors (Lipinski definition) is 2. The highest BCUT2D eigenvalue weighted by Crippen LogP contribution is 2.24. The number of nitrogens with one attached hydrogen (secondary N) is 2.